The number of carbonyl (C=O) groups is 2. The largest absolute Gasteiger partial charge is 0.477 e. The zero-order chi connectivity index (χ0) is 15.6. The van der Waals surface area contributed by atoms with E-state index in [0.717, 1.165) is 30.3 Å². The molecule has 0 saturated heterocycles. The molecule has 0 saturated carbocycles. The van der Waals surface area contributed by atoms with Crippen molar-refractivity contribution in [1.82, 2.24) is 4.37 Å². The molecule has 1 aromatic carbocycles. The molecule has 1 aromatic heterocycles. The molecule has 1 heterocycles. The Hall–Kier alpha value is -2.42. The summed E-state index contributed by atoms with van der Waals surface area (Å²) in [7, 11) is 0. The van der Waals surface area contributed by atoms with Gasteiger partial charge in [0.1, 0.15) is 10.6 Å². The van der Waals surface area contributed by atoms with Crippen molar-refractivity contribution in [3.63, 3.8) is 0 Å². The quantitative estimate of drug-likeness (QED) is 0.695. The van der Waals surface area contributed by atoms with Gasteiger partial charge in [0.25, 0.3) is 0 Å². The predicted molar refractivity (Wildman–Crippen MR) is 65.5 cm³/mol. The Kier molecular flexibility index (Phi) is 3.94. The van der Waals surface area contributed by atoms with Crippen molar-refractivity contribution >= 4 is 23.5 Å². The lowest BCUT2D eigenvalue weighted by atomic mass is 10.2. The fraction of sp³-hybridized carbons (Fsp3) is 0.0833. The first-order valence-corrected chi connectivity index (χ1v) is 6.14. The van der Waals surface area contributed by atoms with E-state index < -0.39 is 23.7 Å². The van der Waals surface area contributed by atoms with Crippen LogP contribution >= 0.6 is 11.5 Å². The summed E-state index contributed by atoms with van der Waals surface area (Å²) in [5.41, 5.74) is -1.10. The first kappa shape index (κ1) is 15.0. The van der Waals surface area contributed by atoms with Crippen molar-refractivity contribution in [1.29, 1.82) is 0 Å². The molecule has 0 unspecified atom stereocenters. The topological polar surface area (TPSA) is 76.5 Å². The summed E-state index contributed by atoms with van der Waals surface area (Å²) in [6.07, 6.45) is -4.48. The van der Waals surface area contributed by atoms with E-state index in [1.807, 2.05) is 0 Å². The third-order valence-electron chi connectivity index (χ3n) is 2.32. The smallest absolute Gasteiger partial charge is 0.416 e. The summed E-state index contributed by atoms with van der Waals surface area (Å²) in [6, 6.07) is 4.55. The highest BCUT2D eigenvalue weighted by molar-refractivity contribution is 7.08. The van der Waals surface area contributed by atoms with E-state index in [9.17, 15) is 22.8 Å². The van der Waals surface area contributed by atoms with Crippen LogP contribution in [0.15, 0.2) is 30.3 Å². The molecule has 0 amide bonds. The maximum absolute atomic E-state index is 12.4. The van der Waals surface area contributed by atoms with Crippen molar-refractivity contribution in [2.45, 2.75) is 6.18 Å². The van der Waals surface area contributed by atoms with Gasteiger partial charge in [-0.3, -0.25) is 0 Å². The first-order valence-electron chi connectivity index (χ1n) is 5.37. The number of alkyl halides is 3. The molecule has 21 heavy (non-hydrogen) atoms. The number of aromatic carboxylic acids is 1. The number of nitrogens with zero attached hydrogens (tertiary/aromatic N) is 1. The third-order valence-corrected chi connectivity index (χ3v) is 3.10. The molecule has 0 aliphatic heterocycles. The van der Waals surface area contributed by atoms with Gasteiger partial charge in [0.05, 0.1) is 5.56 Å². The molecule has 9 heteroatoms. The summed E-state index contributed by atoms with van der Waals surface area (Å²) in [4.78, 5) is 22.1. The second-order valence-electron chi connectivity index (χ2n) is 3.79. The van der Waals surface area contributed by atoms with E-state index in [1.54, 1.807) is 0 Å². The first-order chi connectivity index (χ1) is 9.77. The van der Waals surface area contributed by atoms with Crippen molar-refractivity contribution in [3.8, 4) is 5.75 Å². The number of carboxylic acid groups (broad SMARTS) is 1. The molecule has 0 aliphatic carbocycles. The van der Waals surface area contributed by atoms with Gasteiger partial charge < -0.3 is 9.84 Å². The summed E-state index contributed by atoms with van der Waals surface area (Å²) in [6.45, 7) is 0. The number of aromatic nitrogens is 1. The maximum Gasteiger partial charge on any atom is 0.416 e. The highest BCUT2D eigenvalue weighted by Gasteiger charge is 2.30. The van der Waals surface area contributed by atoms with Crippen LogP contribution in [0.4, 0.5) is 13.2 Å². The lowest BCUT2D eigenvalue weighted by Gasteiger charge is -2.07. The summed E-state index contributed by atoms with van der Waals surface area (Å²) in [5, 5.41) is 8.69. The van der Waals surface area contributed by atoms with Gasteiger partial charge in [-0.1, -0.05) is 0 Å². The van der Waals surface area contributed by atoms with E-state index >= 15 is 0 Å². The predicted octanol–water partition coefficient (Wildman–Crippen LogP) is 3.08. The van der Waals surface area contributed by atoms with Crippen LogP contribution in [0.5, 0.6) is 5.75 Å². The lowest BCUT2D eigenvalue weighted by molar-refractivity contribution is -0.137. The second-order valence-corrected chi connectivity index (χ2v) is 4.60. The van der Waals surface area contributed by atoms with Crippen molar-refractivity contribution in [2.24, 2.45) is 0 Å². The molecule has 0 atom stereocenters. The zero-order valence-electron chi connectivity index (χ0n) is 10.0. The van der Waals surface area contributed by atoms with E-state index in [0.29, 0.717) is 11.5 Å². The van der Waals surface area contributed by atoms with Gasteiger partial charge in [-0.05, 0) is 41.9 Å². The third kappa shape index (κ3) is 3.57. The number of esters is 1. The molecule has 2 aromatic rings. The zero-order valence-corrected chi connectivity index (χ0v) is 10.9. The van der Waals surface area contributed by atoms with Crippen LogP contribution in [0, 0.1) is 0 Å². The maximum atomic E-state index is 12.4. The van der Waals surface area contributed by atoms with Crippen molar-refractivity contribution < 1.29 is 32.6 Å². The molecule has 0 spiro atoms. The van der Waals surface area contributed by atoms with E-state index in [-0.39, 0.29) is 16.3 Å². The van der Waals surface area contributed by atoms with Gasteiger partial charge in [-0.15, -0.1) is 0 Å². The number of hydrogen-bond donors (Lipinski definition) is 1. The number of ether oxygens (including phenoxy) is 1. The number of rotatable bonds is 3. The molecule has 110 valence electrons. The van der Waals surface area contributed by atoms with Gasteiger partial charge >= 0.3 is 18.1 Å². The minimum absolute atomic E-state index is 0.0992. The van der Waals surface area contributed by atoms with Gasteiger partial charge in [0.15, 0.2) is 5.69 Å². The number of benzene rings is 1. The van der Waals surface area contributed by atoms with Gasteiger partial charge in [-0.2, -0.15) is 17.5 Å². The Balaban J connectivity index is 2.10. The molecule has 0 bridgehead atoms. The summed E-state index contributed by atoms with van der Waals surface area (Å²) in [5.74, 6) is -2.28. The Labute approximate surface area is 119 Å². The molecule has 0 aliphatic rings. The number of carboxylic acids is 1. The van der Waals surface area contributed by atoms with Gasteiger partial charge in [-0.25, -0.2) is 9.59 Å². The van der Waals surface area contributed by atoms with Crippen molar-refractivity contribution in [2.75, 3.05) is 0 Å². The van der Waals surface area contributed by atoms with Crippen LogP contribution in [0.25, 0.3) is 0 Å². The number of hydrogen-bond acceptors (Lipinski definition) is 5. The van der Waals surface area contributed by atoms with Crippen LogP contribution in [0.3, 0.4) is 0 Å². The number of carbonyl (C=O) groups excluding carboxylic acids is 1. The fourth-order valence-electron chi connectivity index (χ4n) is 1.34. The molecule has 2 rings (SSSR count). The second kappa shape index (κ2) is 5.52. The Bertz CT molecular complexity index is 679. The van der Waals surface area contributed by atoms with Crippen LogP contribution in [-0.4, -0.2) is 21.4 Å². The van der Waals surface area contributed by atoms with E-state index in [1.165, 1.54) is 0 Å². The monoisotopic (exact) mass is 317 g/mol. The summed E-state index contributed by atoms with van der Waals surface area (Å²) >= 11 is 0.603. The molecular weight excluding hydrogens is 311 g/mol. The van der Waals surface area contributed by atoms with Crippen LogP contribution < -0.4 is 4.74 Å². The molecule has 0 fully saturated rings. The molecule has 0 radical (unpaired) electrons. The van der Waals surface area contributed by atoms with Crippen LogP contribution in [0.1, 0.15) is 25.7 Å². The van der Waals surface area contributed by atoms with Gasteiger partial charge in [0, 0.05) is 0 Å². The van der Waals surface area contributed by atoms with Crippen LogP contribution in [0.2, 0.25) is 0 Å². The highest BCUT2D eigenvalue weighted by Crippen LogP contribution is 2.30. The Morgan fingerprint density at radius 3 is 2.29 bits per heavy atom. The van der Waals surface area contributed by atoms with E-state index in [2.05, 4.69) is 4.37 Å². The molecular formula is C12H6F3NO4S. The molecule has 5 nitrogen and oxygen atoms in total. The van der Waals surface area contributed by atoms with Gasteiger partial charge in [0.2, 0.25) is 0 Å². The normalized spacial score (nSPS) is 11.2. The highest BCUT2D eigenvalue weighted by atomic mass is 32.1. The SMILES string of the molecule is O=C(Oc1ccc(C(F)(F)F)cc1)c1cc(C(=O)O)sn1. The average molecular weight is 317 g/mol. The number of halogens is 3. The fourth-order valence-corrected chi connectivity index (χ4v) is 1.91. The van der Waals surface area contributed by atoms with E-state index in [4.69, 9.17) is 9.84 Å². The summed E-state index contributed by atoms with van der Waals surface area (Å²) < 4.78 is 45.5. The minimum Gasteiger partial charge on any atom is -0.477 e. The van der Waals surface area contributed by atoms with Crippen molar-refractivity contribution in [3.05, 3.63) is 46.5 Å². The Morgan fingerprint density at radius 2 is 1.81 bits per heavy atom. The Morgan fingerprint density at radius 1 is 1.19 bits per heavy atom. The standard InChI is InChI=1S/C12H6F3NO4S/c13-12(14,15)6-1-3-7(4-2-6)20-11(19)8-5-9(10(17)18)21-16-8/h1-5H,(H,17,18). The average Bonchev–Trinajstić information content (AvgIpc) is 2.88. The molecule has 1 N–H and O–H groups in total. The minimum atomic E-state index is -4.48. The lowest BCUT2D eigenvalue weighted by Crippen LogP contribution is -2.09. The van der Waals surface area contributed by atoms with Crippen LogP contribution in [-0.2, 0) is 6.18 Å².